The summed E-state index contributed by atoms with van der Waals surface area (Å²) < 4.78 is 38.3. The average Bonchev–Trinajstić information content (AvgIpc) is 2.98. The molecule has 1 heterocycles. The molecule has 0 saturated heterocycles. The van der Waals surface area contributed by atoms with Crippen molar-refractivity contribution in [2.45, 2.75) is 45.3 Å². The van der Waals surface area contributed by atoms with Crippen LogP contribution in [0.3, 0.4) is 0 Å². The van der Waals surface area contributed by atoms with E-state index < -0.39 is 28.5 Å². The van der Waals surface area contributed by atoms with Crippen molar-refractivity contribution in [3.8, 4) is 11.5 Å². The fourth-order valence-electron chi connectivity index (χ4n) is 4.63. The second-order valence-electron chi connectivity index (χ2n) is 10.4. The van der Waals surface area contributed by atoms with Gasteiger partial charge in [0.15, 0.2) is 11.5 Å². The molecule has 2 atom stereocenters. The minimum absolute atomic E-state index is 0.0140. The zero-order valence-electron chi connectivity index (χ0n) is 24.3. The third-order valence-electron chi connectivity index (χ3n) is 7.10. The highest BCUT2D eigenvalue weighted by Gasteiger charge is 2.34. The molecule has 9 nitrogen and oxygen atoms in total. The smallest absolute Gasteiger partial charge is 0.244 e. The Labute approximate surface area is 262 Å². The molecule has 1 aliphatic rings. The predicted octanol–water partition coefficient (Wildman–Crippen LogP) is 5.09. The molecule has 12 heteroatoms. The van der Waals surface area contributed by atoms with Crippen molar-refractivity contribution in [3.63, 3.8) is 0 Å². The lowest BCUT2D eigenvalue weighted by molar-refractivity contribution is -0.140. The number of rotatable bonds is 12. The molecule has 1 N–H and O–H groups in total. The topological polar surface area (TPSA) is 105 Å². The normalized spacial score (nSPS) is 14.0. The fraction of sp³-hybridized carbons (Fsp3) is 0.355. The zero-order valence-corrected chi connectivity index (χ0v) is 26.6. The van der Waals surface area contributed by atoms with E-state index in [1.54, 1.807) is 30.3 Å². The number of hydrogen-bond donors (Lipinski definition) is 1. The van der Waals surface area contributed by atoms with Gasteiger partial charge in [-0.25, -0.2) is 8.42 Å². The first-order chi connectivity index (χ1) is 20.5. The Bertz CT molecular complexity index is 1550. The largest absolute Gasteiger partial charge is 0.486 e. The van der Waals surface area contributed by atoms with Crippen molar-refractivity contribution >= 4 is 50.7 Å². The molecule has 1 aliphatic heterocycles. The maximum atomic E-state index is 14.2. The summed E-state index contributed by atoms with van der Waals surface area (Å²) in [4.78, 5) is 29.4. The summed E-state index contributed by atoms with van der Waals surface area (Å²) in [6.45, 7) is 3.97. The second kappa shape index (κ2) is 14.3. The fourth-order valence-corrected chi connectivity index (χ4v) is 5.79. The van der Waals surface area contributed by atoms with Gasteiger partial charge in [-0.3, -0.25) is 13.9 Å². The highest BCUT2D eigenvalue weighted by atomic mass is 35.5. The van der Waals surface area contributed by atoms with E-state index in [0.29, 0.717) is 46.7 Å². The first kappa shape index (κ1) is 32.4. The van der Waals surface area contributed by atoms with Crippen molar-refractivity contribution < 1.29 is 27.5 Å². The van der Waals surface area contributed by atoms with Crippen LogP contribution in [-0.2, 0) is 32.6 Å². The Balaban J connectivity index is 1.75. The van der Waals surface area contributed by atoms with Crippen LogP contribution in [0, 0.1) is 0 Å². The lowest BCUT2D eigenvalue weighted by Crippen LogP contribution is -2.54. The van der Waals surface area contributed by atoms with E-state index in [-0.39, 0.29) is 30.6 Å². The summed E-state index contributed by atoms with van der Waals surface area (Å²) in [5, 5.41) is 3.64. The Morgan fingerprint density at radius 2 is 1.63 bits per heavy atom. The zero-order chi connectivity index (χ0) is 31.1. The number of nitrogens with one attached hydrogen (secondary N) is 1. The Hall–Kier alpha value is -3.47. The quantitative estimate of drug-likeness (QED) is 0.294. The van der Waals surface area contributed by atoms with Crippen molar-refractivity contribution in [1.82, 2.24) is 10.2 Å². The van der Waals surface area contributed by atoms with Crippen LogP contribution in [-0.4, -0.2) is 63.2 Å². The van der Waals surface area contributed by atoms with E-state index in [0.717, 1.165) is 16.1 Å². The maximum Gasteiger partial charge on any atom is 0.244 e. The van der Waals surface area contributed by atoms with Crippen LogP contribution in [0.2, 0.25) is 10.0 Å². The minimum Gasteiger partial charge on any atom is -0.486 e. The summed E-state index contributed by atoms with van der Waals surface area (Å²) >= 11 is 12.4. The number of sulfonamides is 1. The third-order valence-corrected chi connectivity index (χ3v) is 8.98. The van der Waals surface area contributed by atoms with Gasteiger partial charge in [0.25, 0.3) is 0 Å². The molecule has 3 aromatic rings. The molecule has 0 spiro atoms. The number of fused-ring (bicyclic) bond motifs is 1. The lowest BCUT2D eigenvalue weighted by Gasteiger charge is -2.34. The van der Waals surface area contributed by atoms with Crippen molar-refractivity contribution in [1.29, 1.82) is 0 Å². The minimum atomic E-state index is -3.94. The number of carbonyl (C=O) groups excluding carboxylic acids is 2. The maximum absolute atomic E-state index is 14.2. The monoisotopic (exact) mass is 647 g/mol. The van der Waals surface area contributed by atoms with E-state index in [1.807, 2.05) is 44.2 Å². The van der Waals surface area contributed by atoms with Crippen LogP contribution in [0.4, 0.5) is 5.69 Å². The Morgan fingerprint density at radius 3 is 2.28 bits per heavy atom. The van der Waals surface area contributed by atoms with Gasteiger partial charge >= 0.3 is 0 Å². The second-order valence-corrected chi connectivity index (χ2v) is 13.1. The number of ether oxygens (including phenoxy) is 2. The molecular formula is C31H35Cl2N3O6S. The van der Waals surface area contributed by atoms with E-state index in [2.05, 4.69) is 5.32 Å². The molecule has 0 aliphatic carbocycles. The summed E-state index contributed by atoms with van der Waals surface area (Å²) in [7, 11) is -3.94. The highest BCUT2D eigenvalue weighted by Crippen LogP contribution is 2.35. The van der Waals surface area contributed by atoms with E-state index >= 15 is 0 Å². The number of amides is 2. The number of carbonyl (C=O) groups is 2. The van der Waals surface area contributed by atoms with Crippen LogP contribution in [0.15, 0.2) is 66.7 Å². The summed E-state index contributed by atoms with van der Waals surface area (Å²) in [5.41, 5.74) is 1.70. The van der Waals surface area contributed by atoms with Crippen molar-refractivity contribution in [2.24, 2.45) is 0 Å². The van der Waals surface area contributed by atoms with Gasteiger partial charge in [0.1, 0.15) is 25.8 Å². The molecule has 43 heavy (non-hydrogen) atoms. The lowest BCUT2D eigenvalue weighted by atomic mass is 10.0. The third kappa shape index (κ3) is 8.55. The molecular weight excluding hydrogens is 613 g/mol. The molecule has 0 aromatic heterocycles. The van der Waals surface area contributed by atoms with Gasteiger partial charge in [-0.05, 0) is 48.7 Å². The van der Waals surface area contributed by atoms with Crippen LogP contribution >= 0.6 is 23.2 Å². The van der Waals surface area contributed by atoms with Gasteiger partial charge in [-0.2, -0.15) is 0 Å². The van der Waals surface area contributed by atoms with E-state index in [4.69, 9.17) is 32.7 Å². The molecule has 0 bridgehead atoms. The molecule has 2 amide bonds. The average molecular weight is 649 g/mol. The molecule has 4 rings (SSSR count). The van der Waals surface area contributed by atoms with Crippen LogP contribution in [0.5, 0.6) is 11.5 Å². The summed E-state index contributed by atoms with van der Waals surface area (Å²) in [5.74, 6) is -0.0588. The van der Waals surface area contributed by atoms with Crippen molar-refractivity contribution in [2.75, 3.05) is 30.3 Å². The van der Waals surface area contributed by atoms with Gasteiger partial charge in [-0.15, -0.1) is 0 Å². The number of hydrogen-bond acceptors (Lipinski definition) is 6. The number of nitrogens with zero attached hydrogens (tertiary/aromatic N) is 2. The highest BCUT2D eigenvalue weighted by molar-refractivity contribution is 7.92. The number of halogens is 2. The molecule has 0 fully saturated rings. The van der Waals surface area contributed by atoms with Crippen LogP contribution < -0.4 is 19.1 Å². The molecule has 0 unspecified atom stereocenters. The van der Waals surface area contributed by atoms with Crippen molar-refractivity contribution in [3.05, 3.63) is 87.9 Å². The van der Waals surface area contributed by atoms with Gasteiger partial charge in [-0.1, -0.05) is 66.5 Å². The Kier molecular flexibility index (Phi) is 10.8. The number of benzene rings is 3. The first-order valence-corrected chi connectivity index (χ1v) is 16.5. The van der Waals surface area contributed by atoms with Gasteiger partial charge in [0, 0.05) is 25.1 Å². The van der Waals surface area contributed by atoms with Gasteiger partial charge in [0.2, 0.25) is 21.8 Å². The standard InChI is InChI=1S/C31H35Cl2N3O6S/c1-4-21(2)34-31(38)27(17-22-8-6-5-7-9-22)35(19-23-10-12-25(32)26(33)16-23)30(37)20-36(43(3,39)40)24-11-13-28-29(18-24)42-15-14-41-28/h5-13,16,18,21,27H,4,14-15,17,19-20H2,1-3H3,(H,34,38)/t21-,27-/m1/s1. The summed E-state index contributed by atoms with van der Waals surface area (Å²) in [6.07, 6.45) is 1.92. The Morgan fingerprint density at radius 1 is 0.930 bits per heavy atom. The van der Waals surface area contributed by atoms with E-state index in [1.165, 1.54) is 11.0 Å². The van der Waals surface area contributed by atoms with Crippen LogP contribution in [0.1, 0.15) is 31.4 Å². The van der Waals surface area contributed by atoms with Gasteiger partial charge in [0.05, 0.1) is 22.0 Å². The van der Waals surface area contributed by atoms with Crippen LogP contribution in [0.25, 0.3) is 0 Å². The first-order valence-electron chi connectivity index (χ1n) is 13.9. The van der Waals surface area contributed by atoms with E-state index in [9.17, 15) is 18.0 Å². The number of anilines is 1. The predicted molar refractivity (Wildman–Crippen MR) is 168 cm³/mol. The molecule has 0 saturated carbocycles. The van der Waals surface area contributed by atoms with Gasteiger partial charge < -0.3 is 19.7 Å². The summed E-state index contributed by atoms with van der Waals surface area (Å²) in [6, 6.07) is 17.9. The SMILES string of the molecule is CC[C@@H](C)NC(=O)[C@@H](Cc1ccccc1)N(Cc1ccc(Cl)c(Cl)c1)C(=O)CN(c1ccc2c(c1)OCCO2)S(C)(=O)=O. The molecule has 0 radical (unpaired) electrons. The molecule has 3 aromatic carbocycles. The molecule has 230 valence electrons.